The largest absolute Gasteiger partial charge is 0.468 e. The molecular formula is C13H24N2O2. The van der Waals surface area contributed by atoms with Gasteiger partial charge in [0.15, 0.2) is 0 Å². The topological polar surface area (TPSA) is 41.6 Å². The van der Waals surface area contributed by atoms with Gasteiger partial charge in [-0.15, -0.1) is 0 Å². The van der Waals surface area contributed by atoms with Crippen molar-refractivity contribution in [3.05, 3.63) is 0 Å². The fourth-order valence-corrected chi connectivity index (χ4v) is 2.51. The van der Waals surface area contributed by atoms with Gasteiger partial charge in [0.05, 0.1) is 7.11 Å². The predicted molar refractivity (Wildman–Crippen MR) is 66.8 cm³/mol. The molecule has 0 bridgehead atoms. The van der Waals surface area contributed by atoms with Crippen LogP contribution >= 0.6 is 0 Å². The fourth-order valence-electron chi connectivity index (χ4n) is 2.51. The number of likely N-dealkylation sites (tertiary alicyclic amines) is 1. The molecule has 0 amide bonds. The summed E-state index contributed by atoms with van der Waals surface area (Å²) in [6.45, 7) is 7.52. The van der Waals surface area contributed by atoms with Crippen molar-refractivity contribution in [1.29, 1.82) is 0 Å². The summed E-state index contributed by atoms with van der Waals surface area (Å²) in [5, 5.41) is 3.38. The van der Waals surface area contributed by atoms with Gasteiger partial charge in [0.2, 0.25) is 0 Å². The number of rotatable bonds is 5. The van der Waals surface area contributed by atoms with Gasteiger partial charge in [-0.3, -0.25) is 4.79 Å². The van der Waals surface area contributed by atoms with Gasteiger partial charge in [-0.1, -0.05) is 13.8 Å². The van der Waals surface area contributed by atoms with Crippen molar-refractivity contribution >= 4 is 5.97 Å². The number of hydrogen-bond donors (Lipinski definition) is 1. The SMILES string of the molecule is COC(=O)C(CN1CCC(C)(C)C1)NC1CC1. The van der Waals surface area contributed by atoms with Crippen LogP contribution in [0.3, 0.4) is 0 Å². The highest BCUT2D eigenvalue weighted by Crippen LogP contribution is 2.29. The number of carbonyl (C=O) groups excluding carboxylic acids is 1. The lowest BCUT2D eigenvalue weighted by molar-refractivity contribution is -0.143. The number of esters is 1. The molecule has 1 saturated heterocycles. The highest BCUT2D eigenvalue weighted by Gasteiger charge is 2.34. The highest BCUT2D eigenvalue weighted by molar-refractivity contribution is 5.76. The maximum absolute atomic E-state index is 11.7. The molecule has 0 radical (unpaired) electrons. The Balaban J connectivity index is 1.86. The molecule has 1 heterocycles. The Labute approximate surface area is 104 Å². The number of ether oxygens (including phenoxy) is 1. The van der Waals surface area contributed by atoms with Gasteiger partial charge >= 0.3 is 5.97 Å². The molecule has 2 rings (SSSR count). The zero-order chi connectivity index (χ0) is 12.5. The normalized spacial score (nSPS) is 25.8. The van der Waals surface area contributed by atoms with E-state index >= 15 is 0 Å². The third-order valence-electron chi connectivity index (χ3n) is 3.70. The first-order valence-corrected chi connectivity index (χ1v) is 6.56. The minimum Gasteiger partial charge on any atom is -0.468 e. The number of nitrogens with one attached hydrogen (secondary N) is 1. The van der Waals surface area contributed by atoms with Crippen LogP contribution in [0.1, 0.15) is 33.1 Å². The molecule has 4 heteroatoms. The lowest BCUT2D eigenvalue weighted by Crippen LogP contribution is -2.47. The summed E-state index contributed by atoms with van der Waals surface area (Å²) in [5.41, 5.74) is 0.389. The zero-order valence-electron chi connectivity index (χ0n) is 11.2. The van der Waals surface area contributed by atoms with Crippen LogP contribution < -0.4 is 5.32 Å². The number of carbonyl (C=O) groups is 1. The van der Waals surface area contributed by atoms with Gasteiger partial charge in [0, 0.05) is 19.1 Å². The van der Waals surface area contributed by atoms with Crippen molar-refractivity contribution < 1.29 is 9.53 Å². The van der Waals surface area contributed by atoms with E-state index in [-0.39, 0.29) is 12.0 Å². The molecule has 1 atom stereocenters. The Morgan fingerprint density at radius 1 is 1.53 bits per heavy atom. The van der Waals surface area contributed by atoms with E-state index < -0.39 is 0 Å². The first-order chi connectivity index (χ1) is 8.00. The summed E-state index contributed by atoms with van der Waals surface area (Å²) < 4.78 is 4.88. The van der Waals surface area contributed by atoms with Crippen LogP contribution in [0.25, 0.3) is 0 Å². The summed E-state index contributed by atoms with van der Waals surface area (Å²) >= 11 is 0. The lowest BCUT2D eigenvalue weighted by Gasteiger charge is -2.24. The van der Waals surface area contributed by atoms with Crippen molar-refractivity contribution in [3.63, 3.8) is 0 Å². The molecule has 0 spiro atoms. The van der Waals surface area contributed by atoms with Crippen LogP contribution in [-0.4, -0.2) is 49.7 Å². The molecule has 2 aliphatic rings. The predicted octanol–water partition coefficient (Wildman–Crippen LogP) is 1.01. The molecule has 0 aromatic carbocycles. The maximum Gasteiger partial charge on any atom is 0.324 e. The van der Waals surface area contributed by atoms with Gasteiger partial charge in [-0.2, -0.15) is 0 Å². The Kier molecular flexibility index (Phi) is 3.73. The average molecular weight is 240 g/mol. The molecule has 1 N–H and O–H groups in total. The van der Waals surface area contributed by atoms with E-state index in [2.05, 4.69) is 24.1 Å². The number of nitrogens with zero attached hydrogens (tertiary/aromatic N) is 1. The molecular weight excluding hydrogens is 216 g/mol. The van der Waals surface area contributed by atoms with E-state index in [1.807, 2.05) is 0 Å². The van der Waals surface area contributed by atoms with Crippen LogP contribution in [0, 0.1) is 5.41 Å². The Hall–Kier alpha value is -0.610. The smallest absolute Gasteiger partial charge is 0.324 e. The minimum absolute atomic E-state index is 0.124. The van der Waals surface area contributed by atoms with E-state index in [0.717, 1.165) is 19.6 Å². The Bertz CT molecular complexity index is 287. The fraction of sp³-hybridized carbons (Fsp3) is 0.923. The average Bonchev–Trinajstić information content (AvgIpc) is 3.01. The van der Waals surface area contributed by atoms with Gasteiger partial charge in [-0.25, -0.2) is 0 Å². The Morgan fingerprint density at radius 2 is 2.24 bits per heavy atom. The summed E-state index contributed by atoms with van der Waals surface area (Å²) in [7, 11) is 1.47. The van der Waals surface area contributed by atoms with Crippen molar-refractivity contribution in [3.8, 4) is 0 Å². The molecule has 0 aromatic rings. The molecule has 98 valence electrons. The molecule has 1 saturated carbocycles. The molecule has 1 unspecified atom stereocenters. The summed E-state index contributed by atoms with van der Waals surface area (Å²) in [4.78, 5) is 14.1. The van der Waals surface area contributed by atoms with E-state index in [9.17, 15) is 4.79 Å². The lowest BCUT2D eigenvalue weighted by atomic mass is 9.93. The van der Waals surface area contributed by atoms with Crippen molar-refractivity contribution in [2.24, 2.45) is 5.41 Å². The first-order valence-electron chi connectivity index (χ1n) is 6.56. The van der Waals surface area contributed by atoms with Crippen LogP contribution in [0.4, 0.5) is 0 Å². The Morgan fingerprint density at radius 3 is 2.71 bits per heavy atom. The molecule has 0 aromatic heterocycles. The van der Waals surface area contributed by atoms with Gasteiger partial charge in [-0.05, 0) is 31.2 Å². The maximum atomic E-state index is 11.7. The second-order valence-electron chi connectivity index (χ2n) is 6.17. The summed E-state index contributed by atoms with van der Waals surface area (Å²) in [5.74, 6) is -0.124. The number of hydrogen-bond acceptors (Lipinski definition) is 4. The second-order valence-corrected chi connectivity index (χ2v) is 6.17. The van der Waals surface area contributed by atoms with Crippen molar-refractivity contribution in [2.45, 2.75) is 45.2 Å². The van der Waals surface area contributed by atoms with E-state index in [1.54, 1.807) is 0 Å². The highest BCUT2D eigenvalue weighted by atomic mass is 16.5. The van der Waals surface area contributed by atoms with E-state index in [4.69, 9.17) is 4.74 Å². The first kappa shape index (κ1) is 12.8. The van der Waals surface area contributed by atoms with Gasteiger partial charge in [0.25, 0.3) is 0 Å². The van der Waals surface area contributed by atoms with Crippen LogP contribution in [-0.2, 0) is 9.53 Å². The molecule has 4 nitrogen and oxygen atoms in total. The van der Waals surface area contributed by atoms with Gasteiger partial charge in [0.1, 0.15) is 6.04 Å². The van der Waals surface area contributed by atoms with Crippen LogP contribution in [0.5, 0.6) is 0 Å². The third kappa shape index (κ3) is 3.68. The summed E-state index contributed by atoms with van der Waals surface area (Å²) in [6, 6.07) is 0.385. The van der Waals surface area contributed by atoms with Crippen molar-refractivity contribution in [1.82, 2.24) is 10.2 Å². The monoisotopic (exact) mass is 240 g/mol. The molecule has 17 heavy (non-hydrogen) atoms. The minimum atomic E-state index is -0.151. The van der Waals surface area contributed by atoms with Crippen molar-refractivity contribution in [2.75, 3.05) is 26.7 Å². The van der Waals surface area contributed by atoms with E-state index in [0.29, 0.717) is 11.5 Å². The summed E-state index contributed by atoms with van der Waals surface area (Å²) in [6.07, 6.45) is 3.60. The second kappa shape index (κ2) is 4.94. The quantitative estimate of drug-likeness (QED) is 0.728. The molecule has 1 aliphatic heterocycles. The third-order valence-corrected chi connectivity index (χ3v) is 3.70. The van der Waals surface area contributed by atoms with Crippen LogP contribution in [0.15, 0.2) is 0 Å². The van der Waals surface area contributed by atoms with E-state index in [1.165, 1.54) is 26.4 Å². The molecule has 2 fully saturated rings. The standard InChI is InChI=1S/C13H24N2O2/c1-13(2)6-7-15(9-13)8-11(12(16)17-3)14-10-4-5-10/h10-11,14H,4-9H2,1-3H3. The number of methoxy groups -OCH3 is 1. The zero-order valence-corrected chi connectivity index (χ0v) is 11.2. The van der Waals surface area contributed by atoms with Crippen LogP contribution in [0.2, 0.25) is 0 Å². The molecule has 1 aliphatic carbocycles. The van der Waals surface area contributed by atoms with Gasteiger partial charge < -0.3 is 15.0 Å².